The molecule has 1 aromatic heterocycles. The molecule has 0 aliphatic heterocycles. The minimum Gasteiger partial charge on any atom is -0.493 e. The van der Waals surface area contributed by atoms with Gasteiger partial charge in [0.25, 0.3) is 0 Å². The summed E-state index contributed by atoms with van der Waals surface area (Å²) in [6, 6.07) is 3.83. The van der Waals surface area contributed by atoms with Crippen LogP contribution < -0.4 is 14.9 Å². The number of nitrogens with one attached hydrogen (secondary N) is 1. The molecule has 27 heavy (non-hydrogen) atoms. The van der Waals surface area contributed by atoms with Crippen LogP contribution in [0.2, 0.25) is 0 Å². The molecule has 0 bridgehead atoms. The van der Waals surface area contributed by atoms with Gasteiger partial charge < -0.3 is 14.2 Å². The van der Waals surface area contributed by atoms with Crippen molar-refractivity contribution in [3.63, 3.8) is 0 Å². The number of halogens is 1. The van der Waals surface area contributed by atoms with Gasteiger partial charge in [-0.1, -0.05) is 6.92 Å². The van der Waals surface area contributed by atoms with E-state index in [1.807, 2.05) is 12.1 Å². The summed E-state index contributed by atoms with van der Waals surface area (Å²) >= 11 is 3.60. The summed E-state index contributed by atoms with van der Waals surface area (Å²) in [5.41, 5.74) is 4.40. The molecule has 0 fully saturated rings. The maximum absolute atomic E-state index is 11.5. The Morgan fingerprint density at radius 2 is 2.22 bits per heavy atom. The van der Waals surface area contributed by atoms with Crippen molar-refractivity contribution in [2.45, 2.75) is 26.7 Å². The molecule has 1 N–H and O–H groups in total. The number of hydrogen-bond acceptors (Lipinski definition) is 8. The number of aromatic nitrogens is 1. The quantitative estimate of drug-likeness (QED) is 0.228. The van der Waals surface area contributed by atoms with E-state index in [2.05, 4.69) is 45.0 Å². The molecule has 0 unspecified atom stereocenters. The van der Waals surface area contributed by atoms with E-state index in [1.165, 1.54) is 11.3 Å². The Hall–Kier alpha value is -1.88. The van der Waals surface area contributed by atoms with E-state index in [0.29, 0.717) is 29.8 Å². The first kappa shape index (κ1) is 21.4. The van der Waals surface area contributed by atoms with Crippen molar-refractivity contribution in [1.82, 2.24) is 4.98 Å². The van der Waals surface area contributed by atoms with E-state index in [-0.39, 0.29) is 12.4 Å². The van der Waals surface area contributed by atoms with Crippen molar-refractivity contribution >= 4 is 51.2 Å². The number of ether oxygens (including phenoxy) is 3. The van der Waals surface area contributed by atoms with Crippen LogP contribution in [0.4, 0.5) is 5.13 Å². The van der Waals surface area contributed by atoms with Crippen molar-refractivity contribution in [3.05, 3.63) is 32.3 Å². The average Bonchev–Trinajstić information content (AvgIpc) is 3.07. The standard InChI is InChI=1S/C18H22IN3O4S/c1-4-6-26-17-14(19)7-12(8-15(17)24-3)10-20-22-18-21-13(11-27-18)9-16(23)25-5-2/h7-8,10-11H,4-6,9H2,1-3H3,(H,21,22). The van der Waals surface area contributed by atoms with Crippen LogP contribution in [0, 0.1) is 3.57 Å². The Balaban J connectivity index is 2.01. The molecule has 0 radical (unpaired) electrons. The first-order chi connectivity index (χ1) is 13.1. The predicted octanol–water partition coefficient (Wildman–Crippen LogP) is 4.10. The minimum atomic E-state index is -0.287. The van der Waals surface area contributed by atoms with Gasteiger partial charge in [-0.3, -0.25) is 10.2 Å². The molecule has 0 saturated heterocycles. The molecule has 0 spiro atoms. The monoisotopic (exact) mass is 503 g/mol. The Bertz CT molecular complexity index is 795. The number of hydrogen-bond donors (Lipinski definition) is 1. The van der Waals surface area contributed by atoms with Gasteiger partial charge in [-0.15, -0.1) is 11.3 Å². The number of esters is 1. The number of hydrazone groups is 1. The summed E-state index contributed by atoms with van der Waals surface area (Å²) in [7, 11) is 1.62. The molecular formula is C18H22IN3O4S. The third-order valence-corrected chi connectivity index (χ3v) is 4.86. The fourth-order valence-corrected chi connectivity index (χ4v) is 3.56. The Kier molecular flexibility index (Phi) is 8.79. The molecule has 2 rings (SSSR count). The van der Waals surface area contributed by atoms with E-state index in [0.717, 1.165) is 21.3 Å². The highest BCUT2D eigenvalue weighted by atomic mass is 127. The summed E-state index contributed by atoms with van der Waals surface area (Å²) in [6.07, 6.45) is 2.77. The molecule has 0 saturated carbocycles. The Labute approximate surface area is 176 Å². The normalized spacial score (nSPS) is 10.8. The first-order valence-corrected chi connectivity index (χ1v) is 10.4. The maximum Gasteiger partial charge on any atom is 0.311 e. The van der Waals surface area contributed by atoms with Crippen LogP contribution >= 0.6 is 33.9 Å². The van der Waals surface area contributed by atoms with Crippen LogP contribution in [0.5, 0.6) is 11.5 Å². The van der Waals surface area contributed by atoms with Gasteiger partial charge in [0.1, 0.15) is 0 Å². The lowest BCUT2D eigenvalue weighted by Gasteiger charge is -2.12. The minimum absolute atomic E-state index is 0.157. The molecule has 146 valence electrons. The molecule has 0 atom stereocenters. The zero-order chi connectivity index (χ0) is 19.6. The van der Waals surface area contributed by atoms with Gasteiger partial charge in [-0.25, -0.2) is 4.98 Å². The molecule has 2 aromatic rings. The Morgan fingerprint density at radius 1 is 1.41 bits per heavy atom. The van der Waals surface area contributed by atoms with Crippen LogP contribution in [0.3, 0.4) is 0 Å². The number of anilines is 1. The first-order valence-electron chi connectivity index (χ1n) is 8.46. The van der Waals surface area contributed by atoms with E-state index in [1.54, 1.807) is 25.6 Å². The third kappa shape index (κ3) is 6.65. The molecule has 0 aliphatic carbocycles. The fraction of sp³-hybridized carbons (Fsp3) is 0.389. The third-order valence-electron chi connectivity index (χ3n) is 3.26. The maximum atomic E-state index is 11.5. The number of benzene rings is 1. The second kappa shape index (κ2) is 11.1. The van der Waals surface area contributed by atoms with Gasteiger partial charge in [0.05, 0.1) is 42.2 Å². The molecule has 1 heterocycles. The van der Waals surface area contributed by atoms with E-state index in [9.17, 15) is 4.79 Å². The number of nitrogens with zero attached hydrogens (tertiary/aromatic N) is 2. The van der Waals surface area contributed by atoms with Crippen LogP contribution in [-0.2, 0) is 16.0 Å². The lowest BCUT2D eigenvalue weighted by atomic mass is 10.2. The number of methoxy groups -OCH3 is 1. The summed E-state index contributed by atoms with van der Waals surface area (Å²) in [5.74, 6) is 1.13. The largest absolute Gasteiger partial charge is 0.493 e. The van der Waals surface area contributed by atoms with Crippen molar-refractivity contribution < 1.29 is 19.0 Å². The second-order valence-electron chi connectivity index (χ2n) is 5.38. The predicted molar refractivity (Wildman–Crippen MR) is 115 cm³/mol. The van der Waals surface area contributed by atoms with Crippen LogP contribution in [0.1, 0.15) is 31.5 Å². The summed E-state index contributed by atoms with van der Waals surface area (Å²) in [4.78, 5) is 15.8. The molecule has 7 nitrogen and oxygen atoms in total. The highest BCUT2D eigenvalue weighted by Crippen LogP contribution is 2.33. The molecule has 1 aromatic carbocycles. The number of thiazole rings is 1. The van der Waals surface area contributed by atoms with Crippen molar-refractivity contribution in [2.24, 2.45) is 5.10 Å². The van der Waals surface area contributed by atoms with Crippen LogP contribution in [-0.4, -0.2) is 37.5 Å². The SMILES string of the molecule is CCCOc1c(I)cc(C=NNc2nc(CC(=O)OCC)cs2)cc1OC. The molecule has 0 aliphatic rings. The van der Waals surface area contributed by atoms with Gasteiger partial charge in [-0.2, -0.15) is 5.10 Å². The van der Waals surface area contributed by atoms with Crippen molar-refractivity contribution in [3.8, 4) is 11.5 Å². The van der Waals surface area contributed by atoms with Crippen molar-refractivity contribution in [2.75, 3.05) is 25.7 Å². The van der Waals surface area contributed by atoms with Crippen molar-refractivity contribution in [1.29, 1.82) is 0 Å². The Morgan fingerprint density at radius 3 is 2.93 bits per heavy atom. The van der Waals surface area contributed by atoms with Crippen LogP contribution in [0.15, 0.2) is 22.6 Å². The zero-order valence-electron chi connectivity index (χ0n) is 15.5. The lowest BCUT2D eigenvalue weighted by Crippen LogP contribution is -2.07. The van der Waals surface area contributed by atoms with Gasteiger partial charge in [0.2, 0.25) is 5.13 Å². The molecule has 9 heteroatoms. The fourth-order valence-electron chi connectivity index (χ4n) is 2.12. The van der Waals surface area contributed by atoms with E-state index in [4.69, 9.17) is 14.2 Å². The van der Waals surface area contributed by atoms with Gasteiger partial charge in [0.15, 0.2) is 11.5 Å². The van der Waals surface area contributed by atoms with E-state index >= 15 is 0 Å². The topological polar surface area (TPSA) is 82.0 Å². The highest BCUT2D eigenvalue weighted by Gasteiger charge is 2.11. The average molecular weight is 503 g/mol. The van der Waals surface area contributed by atoms with Gasteiger partial charge in [-0.05, 0) is 53.6 Å². The number of rotatable bonds is 10. The smallest absolute Gasteiger partial charge is 0.311 e. The zero-order valence-corrected chi connectivity index (χ0v) is 18.4. The van der Waals surface area contributed by atoms with Gasteiger partial charge >= 0.3 is 5.97 Å². The second-order valence-corrected chi connectivity index (χ2v) is 7.40. The van der Waals surface area contributed by atoms with Crippen LogP contribution in [0.25, 0.3) is 0 Å². The number of carbonyl (C=O) groups excluding carboxylic acids is 1. The molecular weight excluding hydrogens is 481 g/mol. The number of carbonyl (C=O) groups is 1. The summed E-state index contributed by atoms with van der Waals surface area (Å²) in [6.45, 7) is 4.84. The summed E-state index contributed by atoms with van der Waals surface area (Å²) < 4.78 is 17.0. The molecule has 0 amide bonds. The summed E-state index contributed by atoms with van der Waals surface area (Å²) in [5, 5.41) is 6.62. The highest BCUT2D eigenvalue weighted by molar-refractivity contribution is 14.1. The van der Waals surface area contributed by atoms with Gasteiger partial charge in [0, 0.05) is 5.38 Å². The van der Waals surface area contributed by atoms with E-state index < -0.39 is 0 Å². The lowest BCUT2D eigenvalue weighted by molar-refractivity contribution is -0.142.